The number of hydrogen-bond acceptors (Lipinski definition) is 6. The van der Waals surface area contributed by atoms with Crippen molar-refractivity contribution in [3.8, 4) is 11.5 Å². The molecule has 0 radical (unpaired) electrons. The molecule has 0 atom stereocenters. The topological polar surface area (TPSA) is 82.1 Å². The zero-order valence-corrected chi connectivity index (χ0v) is 16.7. The standard InChI is InChI=1S/C19H22FNO6S/c1-25-11-10-21(19(22)15-6-4-5-7-16(15)20)13-14-8-9-17(26-2)18(12-14)27-28(3,23)24/h4-9,12H,10-11,13H2,1-3H3. The minimum Gasteiger partial charge on any atom is -0.493 e. The largest absolute Gasteiger partial charge is 0.493 e. The van der Waals surface area contributed by atoms with Gasteiger partial charge in [-0.15, -0.1) is 0 Å². The Labute approximate surface area is 163 Å². The molecule has 2 rings (SSSR count). The Balaban J connectivity index is 2.32. The van der Waals surface area contributed by atoms with E-state index in [-0.39, 0.29) is 36.8 Å². The molecule has 0 saturated carbocycles. The predicted octanol–water partition coefficient (Wildman–Crippen LogP) is 2.46. The van der Waals surface area contributed by atoms with Crippen molar-refractivity contribution in [3.63, 3.8) is 0 Å². The molecule has 0 spiro atoms. The van der Waals surface area contributed by atoms with E-state index in [1.54, 1.807) is 12.1 Å². The van der Waals surface area contributed by atoms with Gasteiger partial charge in [0, 0.05) is 20.2 Å². The number of carbonyl (C=O) groups is 1. The second-order valence-electron chi connectivity index (χ2n) is 5.97. The molecule has 9 heteroatoms. The van der Waals surface area contributed by atoms with E-state index in [1.165, 1.54) is 49.5 Å². The van der Waals surface area contributed by atoms with Crippen LogP contribution in [0.3, 0.4) is 0 Å². The maximum atomic E-state index is 14.0. The van der Waals surface area contributed by atoms with Gasteiger partial charge in [-0.05, 0) is 29.8 Å². The van der Waals surface area contributed by atoms with Gasteiger partial charge < -0.3 is 18.6 Å². The average Bonchev–Trinajstić information content (AvgIpc) is 2.64. The summed E-state index contributed by atoms with van der Waals surface area (Å²) in [6.45, 7) is 0.571. The Bertz CT molecular complexity index is 932. The normalized spacial score (nSPS) is 11.1. The molecule has 0 aliphatic carbocycles. The molecule has 0 heterocycles. The molecule has 0 aliphatic rings. The van der Waals surface area contributed by atoms with Crippen LogP contribution in [-0.4, -0.2) is 52.9 Å². The number of hydrogen-bond donors (Lipinski definition) is 0. The van der Waals surface area contributed by atoms with E-state index in [4.69, 9.17) is 13.7 Å². The first kappa shape index (κ1) is 21.6. The third-order valence-corrected chi connectivity index (χ3v) is 4.28. The molecule has 1 amide bonds. The molecule has 152 valence electrons. The van der Waals surface area contributed by atoms with E-state index >= 15 is 0 Å². The van der Waals surface area contributed by atoms with Crippen molar-refractivity contribution in [3.05, 3.63) is 59.4 Å². The van der Waals surface area contributed by atoms with Gasteiger partial charge in [0.25, 0.3) is 5.91 Å². The van der Waals surface area contributed by atoms with Crippen molar-refractivity contribution in [2.24, 2.45) is 0 Å². The Kier molecular flexibility index (Phi) is 7.36. The van der Waals surface area contributed by atoms with Gasteiger partial charge in [-0.25, -0.2) is 4.39 Å². The number of amides is 1. The van der Waals surface area contributed by atoms with Gasteiger partial charge in [0.1, 0.15) is 5.82 Å². The quantitative estimate of drug-likeness (QED) is 0.590. The fraction of sp³-hybridized carbons (Fsp3) is 0.316. The number of nitrogens with zero attached hydrogens (tertiary/aromatic N) is 1. The van der Waals surface area contributed by atoms with Crippen molar-refractivity contribution in [2.45, 2.75) is 6.54 Å². The molecule has 0 saturated heterocycles. The van der Waals surface area contributed by atoms with Crippen molar-refractivity contribution in [2.75, 3.05) is 33.6 Å². The van der Waals surface area contributed by atoms with Crippen LogP contribution in [0.25, 0.3) is 0 Å². The van der Waals surface area contributed by atoms with Crippen LogP contribution in [0.1, 0.15) is 15.9 Å². The number of carbonyl (C=O) groups excluding carboxylic acids is 1. The van der Waals surface area contributed by atoms with Crippen LogP contribution < -0.4 is 8.92 Å². The molecule has 0 fully saturated rings. The first-order valence-corrected chi connectivity index (χ1v) is 10.2. The van der Waals surface area contributed by atoms with Gasteiger partial charge in [0.15, 0.2) is 11.5 Å². The van der Waals surface area contributed by atoms with Crippen LogP contribution in [-0.2, 0) is 21.4 Å². The van der Waals surface area contributed by atoms with E-state index in [0.717, 1.165) is 6.26 Å². The summed E-state index contributed by atoms with van der Waals surface area (Å²) >= 11 is 0. The summed E-state index contributed by atoms with van der Waals surface area (Å²) in [5.41, 5.74) is 0.528. The minimum atomic E-state index is -3.76. The minimum absolute atomic E-state index is 0.00697. The monoisotopic (exact) mass is 411 g/mol. The lowest BCUT2D eigenvalue weighted by atomic mass is 10.1. The number of benzene rings is 2. The van der Waals surface area contributed by atoms with Gasteiger partial charge >= 0.3 is 10.1 Å². The van der Waals surface area contributed by atoms with Crippen LogP contribution in [0.15, 0.2) is 42.5 Å². The fourth-order valence-corrected chi connectivity index (χ4v) is 2.98. The molecule has 2 aromatic rings. The lowest BCUT2D eigenvalue weighted by Crippen LogP contribution is -2.34. The smallest absolute Gasteiger partial charge is 0.306 e. The molecule has 0 N–H and O–H groups in total. The second-order valence-corrected chi connectivity index (χ2v) is 7.55. The Hall–Kier alpha value is -2.65. The molecule has 0 aromatic heterocycles. The third-order valence-electron chi connectivity index (χ3n) is 3.80. The second kappa shape index (κ2) is 9.52. The molecule has 0 aliphatic heterocycles. The predicted molar refractivity (Wildman–Crippen MR) is 101 cm³/mol. The summed E-state index contributed by atoms with van der Waals surface area (Å²) in [4.78, 5) is 14.2. The van der Waals surface area contributed by atoms with E-state index in [2.05, 4.69) is 0 Å². The summed E-state index contributed by atoms with van der Waals surface area (Å²) in [7, 11) is -0.881. The molecule has 7 nitrogen and oxygen atoms in total. The molecule has 2 aromatic carbocycles. The summed E-state index contributed by atoms with van der Waals surface area (Å²) in [6.07, 6.45) is 0.922. The van der Waals surface area contributed by atoms with Gasteiger partial charge in [-0.2, -0.15) is 8.42 Å². The summed E-state index contributed by atoms with van der Waals surface area (Å²) in [5.74, 6) is -0.882. The fourth-order valence-electron chi connectivity index (χ4n) is 2.53. The molecule has 28 heavy (non-hydrogen) atoms. The first-order valence-electron chi connectivity index (χ1n) is 8.34. The highest BCUT2D eigenvalue weighted by atomic mass is 32.2. The Morgan fingerprint density at radius 3 is 2.43 bits per heavy atom. The van der Waals surface area contributed by atoms with E-state index < -0.39 is 21.8 Å². The number of methoxy groups -OCH3 is 2. The average molecular weight is 411 g/mol. The van der Waals surface area contributed by atoms with Crippen LogP contribution >= 0.6 is 0 Å². The van der Waals surface area contributed by atoms with E-state index in [1.807, 2.05) is 0 Å². The van der Waals surface area contributed by atoms with Crippen molar-refractivity contribution in [1.29, 1.82) is 0 Å². The van der Waals surface area contributed by atoms with Crippen LogP contribution in [0, 0.1) is 5.82 Å². The highest BCUT2D eigenvalue weighted by Crippen LogP contribution is 2.30. The van der Waals surface area contributed by atoms with E-state index in [0.29, 0.717) is 5.56 Å². The van der Waals surface area contributed by atoms with Crippen LogP contribution in [0.2, 0.25) is 0 Å². The van der Waals surface area contributed by atoms with Crippen molar-refractivity contribution in [1.82, 2.24) is 4.90 Å². The number of halogens is 1. The molecular formula is C19H22FNO6S. The maximum Gasteiger partial charge on any atom is 0.306 e. The Morgan fingerprint density at radius 2 is 1.82 bits per heavy atom. The highest BCUT2D eigenvalue weighted by molar-refractivity contribution is 7.86. The summed E-state index contributed by atoms with van der Waals surface area (Å²) in [5, 5.41) is 0. The first-order chi connectivity index (χ1) is 13.2. The number of ether oxygens (including phenoxy) is 2. The zero-order valence-electron chi connectivity index (χ0n) is 15.8. The summed E-state index contributed by atoms with van der Waals surface area (Å²) < 4.78 is 52.1. The lowest BCUT2D eigenvalue weighted by molar-refractivity contribution is 0.0675. The van der Waals surface area contributed by atoms with Gasteiger partial charge in [-0.3, -0.25) is 4.79 Å². The van der Waals surface area contributed by atoms with Crippen LogP contribution in [0.5, 0.6) is 11.5 Å². The SMILES string of the molecule is COCCN(Cc1ccc(OC)c(OS(C)(=O)=O)c1)C(=O)c1ccccc1F. The summed E-state index contributed by atoms with van der Waals surface area (Å²) in [6, 6.07) is 10.4. The zero-order chi connectivity index (χ0) is 20.7. The van der Waals surface area contributed by atoms with Crippen molar-refractivity contribution >= 4 is 16.0 Å². The molecule has 0 bridgehead atoms. The Morgan fingerprint density at radius 1 is 1.11 bits per heavy atom. The van der Waals surface area contributed by atoms with Crippen molar-refractivity contribution < 1.29 is 31.3 Å². The molecule has 0 unspecified atom stereocenters. The lowest BCUT2D eigenvalue weighted by Gasteiger charge is -2.23. The van der Waals surface area contributed by atoms with Crippen LogP contribution in [0.4, 0.5) is 4.39 Å². The van der Waals surface area contributed by atoms with Gasteiger partial charge in [0.05, 0.1) is 25.5 Å². The highest BCUT2D eigenvalue weighted by Gasteiger charge is 2.20. The van der Waals surface area contributed by atoms with Gasteiger partial charge in [0.2, 0.25) is 0 Å². The third kappa shape index (κ3) is 5.93. The molecular weight excluding hydrogens is 389 g/mol. The number of rotatable bonds is 9. The van der Waals surface area contributed by atoms with E-state index in [9.17, 15) is 17.6 Å². The van der Waals surface area contributed by atoms with Gasteiger partial charge in [-0.1, -0.05) is 18.2 Å². The maximum absolute atomic E-state index is 14.0.